The summed E-state index contributed by atoms with van der Waals surface area (Å²) in [6.45, 7) is 4.67. The molecule has 0 aliphatic carbocycles. The van der Waals surface area contributed by atoms with Gasteiger partial charge in [0, 0.05) is 6.42 Å². The van der Waals surface area contributed by atoms with Crippen LogP contribution in [0.5, 0.6) is 0 Å². The van der Waals surface area contributed by atoms with Gasteiger partial charge in [-0.3, -0.25) is 13.8 Å². The van der Waals surface area contributed by atoms with E-state index in [0.29, 0.717) is 17.4 Å². The van der Waals surface area contributed by atoms with Crippen molar-refractivity contribution in [2.24, 2.45) is 0 Å². The summed E-state index contributed by atoms with van der Waals surface area (Å²) < 4.78 is 23.8. The van der Waals surface area contributed by atoms with Gasteiger partial charge in [0.05, 0.1) is 39.9 Å². The Morgan fingerprint density at radius 3 is 1.03 bits per heavy atom. The van der Waals surface area contributed by atoms with E-state index in [-0.39, 0.29) is 19.1 Å². The second-order valence-electron chi connectivity index (χ2n) is 25.2. The summed E-state index contributed by atoms with van der Waals surface area (Å²) in [7, 11) is 1.52. The zero-order valence-corrected chi connectivity index (χ0v) is 59.0. The van der Waals surface area contributed by atoms with E-state index >= 15 is 0 Å². The largest absolute Gasteiger partial charge is 0.472 e. The first-order valence-electron chi connectivity index (χ1n) is 36.4. The van der Waals surface area contributed by atoms with Gasteiger partial charge >= 0.3 is 7.82 Å². The van der Waals surface area contributed by atoms with Crippen molar-refractivity contribution in [2.75, 3.05) is 40.9 Å². The molecule has 9 heteroatoms. The number of aliphatic hydroxyl groups is 1. The van der Waals surface area contributed by atoms with E-state index in [1.807, 2.05) is 27.2 Å². The number of quaternary nitrogens is 1. The Kier molecular flexibility index (Phi) is 65.5. The molecule has 3 unspecified atom stereocenters. The number of amides is 1. The normalized spacial score (nSPS) is 14.6. The minimum Gasteiger partial charge on any atom is -0.387 e. The lowest BCUT2D eigenvalue weighted by molar-refractivity contribution is -0.870. The van der Waals surface area contributed by atoms with Crippen molar-refractivity contribution in [3.8, 4) is 0 Å². The first-order chi connectivity index (χ1) is 43.5. The zero-order valence-electron chi connectivity index (χ0n) is 58.1. The van der Waals surface area contributed by atoms with Gasteiger partial charge < -0.3 is 19.8 Å². The van der Waals surface area contributed by atoms with Gasteiger partial charge in [0.15, 0.2) is 0 Å². The Morgan fingerprint density at radius 2 is 0.685 bits per heavy atom. The van der Waals surface area contributed by atoms with Gasteiger partial charge in [-0.05, 0) is 116 Å². The molecular formula is C80H138N2O6P+. The molecule has 0 aromatic heterocycles. The maximum absolute atomic E-state index is 13.1. The van der Waals surface area contributed by atoms with E-state index in [0.717, 1.165) is 128 Å². The van der Waals surface area contributed by atoms with Crippen LogP contribution in [0.3, 0.4) is 0 Å². The first kappa shape index (κ1) is 85.1. The molecule has 0 aromatic rings. The number of hydrogen-bond donors (Lipinski definition) is 3. The monoisotopic (exact) mass is 1250 g/mol. The first-order valence-corrected chi connectivity index (χ1v) is 37.9. The number of phosphoric ester groups is 1. The highest BCUT2D eigenvalue weighted by Crippen LogP contribution is 2.43. The van der Waals surface area contributed by atoms with Crippen molar-refractivity contribution in [1.29, 1.82) is 0 Å². The lowest BCUT2D eigenvalue weighted by Gasteiger charge is -2.25. The fourth-order valence-electron chi connectivity index (χ4n) is 9.89. The van der Waals surface area contributed by atoms with Crippen LogP contribution in [-0.4, -0.2) is 73.4 Å². The van der Waals surface area contributed by atoms with Gasteiger partial charge in [-0.15, -0.1) is 0 Å². The summed E-state index contributed by atoms with van der Waals surface area (Å²) in [5.74, 6) is -0.209. The molecule has 3 atom stereocenters. The highest BCUT2D eigenvalue weighted by molar-refractivity contribution is 7.47. The molecule has 508 valence electrons. The summed E-state index contributed by atoms with van der Waals surface area (Å²) in [6, 6.07) is -0.888. The summed E-state index contributed by atoms with van der Waals surface area (Å²) in [5.41, 5.74) is 0. The molecule has 0 saturated carbocycles. The Bertz CT molecular complexity index is 2010. The molecule has 0 spiro atoms. The number of unbranched alkanes of at least 4 members (excludes halogenated alkanes) is 28. The average Bonchev–Trinajstić information content (AvgIpc) is 3.55. The maximum Gasteiger partial charge on any atom is 0.472 e. The molecule has 0 heterocycles. The Morgan fingerprint density at radius 1 is 0.393 bits per heavy atom. The van der Waals surface area contributed by atoms with Crippen LogP contribution in [0.2, 0.25) is 0 Å². The minimum atomic E-state index is -4.38. The SMILES string of the molecule is CC/C=C\C/C=C\C/C=C\C/C=C\C/C=C\C/C=C\C/C=C\C/C=C\C/C=C\C/C=C\C/C=C\CCCCCCCC(=O)NC(COP(=O)(O)OCC[N+](C)(C)C)C(O)/C=C/CC/C=C/CCCCCCCCCCCCCCCCCCCCCCCC. The molecule has 0 radical (unpaired) electrons. The lowest BCUT2D eigenvalue weighted by atomic mass is 10.0. The molecular weight excluding hydrogens is 1120 g/mol. The van der Waals surface area contributed by atoms with Crippen molar-refractivity contribution in [2.45, 2.75) is 302 Å². The molecule has 0 aliphatic rings. The molecule has 0 rings (SSSR count). The van der Waals surface area contributed by atoms with Crippen LogP contribution in [0, 0.1) is 0 Å². The predicted molar refractivity (Wildman–Crippen MR) is 391 cm³/mol. The zero-order chi connectivity index (χ0) is 64.8. The number of phosphoric acid groups is 1. The number of aliphatic hydroxyl groups excluding tert-OH is 1. The van der Waals surface area contributed by atoms with E-state index in [4.69, 9.17) is 9.05 Å². The Balaban J connectivity index is 4.21. The van der Waals surface area contributed by atoms with Crippen LogP contribution in [-0.2, 0) is 18.4 Å². The van der Waals surface area contributed by atoms with Crippen molar-refractivity contribution in [1.82, 2.24) is 5.32 Å². The number of nitrogens with zero attached hydrogens (tertiary/aromatic N) is 1. The van der Waals surface area contributed by atoms with E-state index in [2.05, 4.69) is 165 Å². The number of carbonyl (C=O) groups is 1. The average molecular weight is 1250 g/mol. The van der Waals surface area contributed by atoms with Crippen molar-refractivity contribution in [3.63, 3.8) is 0 Å². The van der Waals surface area contributed by atoms with E-state index in [1.54, 1.807) is 6.08 Å². The van der Waals surface area contributed by atoms with Crippen LogP contribution in [0.4, 0.5) is 0 Å². The molecule has 0 saturated heterocycles. The highest BCUT2D eigenvalue weighted by atomic mass is 31.2. The van der Waals surface area contributed by atoms with Gasteiger partial charge in [-0.1, -0.05) is 326 Å². The molecule has 0 fully saturated rings. The van der Waals surface area contributed by atoms with Crippen molar-refractivity contribution >= 4 is 13.7 Å². The van der Waals surface area contributed by atoms with E-state index in [1.165, 1.54) is 141 Å². The molecule has 0 aliphatic heterocycles. The molecule has 1 amide bonds. The van der Waals surface area contributed by atoms with Crippen molar-refractivity contribution in [3.05, 3.63) is 158 Å². The van der Waals surface area contributed by atoms with Crippen LogP contribution < -0.4 is 5.32 Å². The molecule has 8 nitrogen and oxygen atoms in total. The maximum atomic E-state index is 13.1. The van der Waals surface area contributed by atoms with Gasteiger partial charge in [0.25, 0.3) is 0 Å². The number of nitrogens with one attached hydrogen (secondary N) is 1. The number of hydrogen-bond acceptors (Lipinski definition) is 5. The summed E-state index contributed by atoms with van der Waals surface area (Å²) >= 11 is 0. The molecule has 3 N–H and O–H groups in total. The fourth-order valence-corrected chi connectivity index (χ4v) is 10.6. The van der Waals surface area contributed by atoms with E-state index < -0.39 is 20.0 Å². The Labute approximate surface area is 550 Å². The van der Waals surface area contributed by atoms with Crippen LogP contribution in [0.25, 0.3) is 0 Å². The lowest BCUT2D eigenvalue weighted by Crippen LogP contribution is -2.45. The van der Waals surface area contributed by atoms with Gasteiger partial charge in [-0.2, -0.15) is 0 Å². The quantitative estimate of drug-likeness (QED) is 0.0243. The highest BCUT2D eigenvalue weighted by Gasteiger charge is 2.28. The molecule has 0 bridgehead atoms. The fraction of sp³-hybridized carbons (Fsp3) is 0.662. The number of carbonyl (C=O) groups excluding carboxylic acids is 1. The topological polar surface area (TPSA) is 105 Å². The number of likely N-dealkylation sites (N-methyl/N-ethyl adjacent to an activating group) is 1. The molecule has 0 aromatic carbocycles. The van der Waals surface area contributed by atoms with Gasteiger partial charge in [0.2, 0.25) is 5.91 Å². The predicted octanol–water partition coefficient (Wildman–Crippen LogP) is 23.7. The standard InChI is InChI=1S/C80H137N2O6P/c1-6-8-10-12-14-16-18-20-22-24-26-28-30-32-34-36-37-38-39-40-41-42-43-44-45-46-48-50-52-54-56-58-60-62-64-66-68-70-72-74-80(84)81-78(77-88-89(85,86)87-76-75-82(3,4)5)79(83)73-71-69-67-65-63-61-59-57-55-53-51-49-47-35-33-31-29-27-25-23-21-19-17-15-13-11-9-7-2/h8,10,14,16,20,22,26,28,32,34,37-38,40-41,43-44,46,48,52,54,58,60,63,65,71,73,78-79,83H,6-7,9,11-13,15,17-19,21,23-25,27,29-31,33,35-36,39,42,45,47,49-51,53,55-57,59,61-62,64,66-70,72,74-77H2,1-5H3,(H-,81,84,85,86)/p+1/b10-8-,16-14-,22-20-,28-26-,34-32-,38-37-,41-40-,44-43-,48-46-,54-52-,60-58-,65-63+,73-71+. The summed E-state index contributed by atoms with van der Waals surface area (Å²) in [6.07, 6.45) is 107. The second kappa shape index (κ2) is 68.5. The number of rotatable bonds is 65. The third kappa shape index (κ3) is 71.4. The summed E-state index contributed by atoms with van der Waals surface area (Å²) in [4.78, 5) is 23.4. The van der Waals surface area contributed by atoms with E-state index in [9.17, 15) is 19.4 Å². The third-order valence-electron chi connectivity index (χ3n) is 15.5. The second-order valence-corrected chi connectivity index (χ2v) is 26.7. The van der Waals surface area contributed by atoms with Gasteiger partial charge in [0.1, 0.15) is 13.2 Å². The molecule has 89 heavy (non-hydrogen) atoms. The smallest absolute Gasteiger partial charge is 0.387 e. The Hall–Kier alpha value is -3.88. The summed E-state index contributed by atoms with van der Waals surface area (Å²) in [5, 5.41) is 14.0. The van der Waals surface area contributed by atoms with Gasteiger partial charge in [-0.25, -0.2) is 4.57 Å². The van der Waals surface area contributed by atoms with Crippen LogP contribution in [0.15, 0.2) is 158 Å². The van der Waals surface area contributed by atoms with Crippen LogP contribution >= 0.6 is 7.82 Å². The third-order valence-corrected chi connectivity index (χ3v) is 16.5. The minimum absolute atomic E-state index is 0.0440. The number of allylic oxidation sites excluding steroid dienone is 25. The van der Waals surface area contributed by atoms with Crippen molar-refractivity contribution < 1.29 is 32.9 Å². The van der Waals surface area contributed by atoms with Crippen LogP contribution in [0.1, 0.15) is 290 Å².